The third-order valence-electron chi connectivity index (χ3n) is 8.31. The summed E-state index contributed by atoms with van der Waals surface area (Å²) >= 11 is 0. The number of likely N-dealkylation sites (tertiary alicyclic amines) is 1. The quantitative estimate of drug-likeness (QED) is 0.329. The molecule has 2 aliphatic rings. The lowest BCUT2D eigenvalue weighted by atomic mass is 9.74. The van der Waals surface area contributed by atoms with Crippen LogP contribution in [-0.4, -0.2) is 51.9 Å². The smallest absolute Gasteiger partial charge is 0.337 e. The van der Waals surface area contributed by atoms with Crippen molar-refractivity contribution in [2.45, 2.75) is 29.7 Å². The highest BCUT2D eigenvalue weighted by Crippen LogP contribution is 2.49. The average molecular weight is 586 g/mol. The number of esters is 1. The molecule has 2 aliphatic heterocycles. The molecule has 4 aromatic rings. The van der Waals surface area contributed by atoms with Crippen LogP contribution in [0.5, 0.6) is 0 Å². The topological polar surface area (TPSA) is 123 Å². The fourth-order valence-electron chi connectivity index (χ4n) is 5.97. The minimum atomic E-state index is -4.01. The van der Waals surface area contributed by atoms with Gasteiger partial charge in [0.1, 0.15) is 5.76 Å². The summed E-state index contributed by atoms with van der Waals surface area (Å²) in [5.74, 6) is 0.104. The Balaban J connectivity index is 1.27. The Labute approximate surface area is 244 Å². The summed E-state index contributed by atoms with van der Waals surface area (Å²) in [5.41, 5.74) is 8.93. The molecule has 1 saturated heterocycles. The number of hydrogen-bond donors (Lipinski definition) is 1. The van der Waals surface area contributed by atoms with Gasteiger partial charge in [-0.25, -0.2) is 13.2 Å². The summed E-state index contributed by atoms with van der Waals surface area (Å²) in [6.45, 7) is 1.43. The van der Waals surface area contributed by atoms with E-state index in [4.69, 9.17) is 14.9 Å². The molecule has 1 amide bonds. The molecule has 216 valence electrons. The van der Waals surface area contributed by atoms with Crippen molar-refractivity contribution in [3.8, 4) is 11.3 Å². The van der Waals surface area contributed by atoms with Crippen LogP contribution in [0, 0.1) is 0 Å². The zero-order valence-corrected chi connectivity index (χ0v) is 24.0. The van der Waals surface area contributed by atoms with E-state index in [9.17, 15) is 18.0 Å². The minimum Gasteiger partial charge on any atom is -0.465 e. The zero-order chi connectivity index (χ0) is 29.5. The summed E-state index contributed by atoms with van der Waals surface area (Å²) in [5, 5.41) is 0. The van der Waals surface area contributed by atoms with E-state index >= 15 is 0 Å². The first kappa shape index (κ1) is 27.7. The Morgan fingerprint density at radius 1 is 0.952 bits per heavy atom. The van der Waals surface area contributed by atoms with Crippen molar-refractivity contribution < 1.29 is 27.2 Å². The van der Waals surface area contributed by atoms with Crippen LogP contribution < -0.4 is 10.0 Å². The summed E-state index contributed by atoms with van der Waals surface area (Å²) < 4.78 is 40.1. The van der Waals surface area contributed by atoms with Gasteiger partial charge in [-0.3, -0.25) is 9.10 Å². The predicted molar refractivity (Wildman–Crippen MR) is 158 cm³/mol. The summed E-state index contributed by atoms with van der Waals surface area (Å²) in [7, 11) is -2.75. The number of benzene rings is 3. The monoisotopic (exact) mass is 585 g/mol. The van der Waals surface area contributed by atoms with Crippen molar-refractivity contribution in [3.63, 3.8) is 0 Å². The number of furan rings is 1. The molecule has 2 N–H and O–H groups in total. The largest absolute Gasteiger partial charge is 0.465 e. The molecule has 0 radical (unpaired) electrons. The lowest BCUT2D eigenvalue weighted by Gasteiger charge is -2.39. The van der Waals surface area contributed by atoms with E-state index in [2.05, 4.69) is 0 Å². The number of carbonyl (C=O) groups excluding carboxylic acids is 2. The second kappa shape index (κ2) is 10.8. The SMILES string of the molecule is COC(=O)c1cccc(S(=O)(=O)N2CC3(CCN(C(=O)c4ccc(-c5ccccc5)o4)CC3)c3cc(CN)ccc32)c1. The lowest BCUT2D eigenvalue weighted by Crippen LogP contribution is -2.47. The number of methoxy groups -OCH3 is 1. The number of nitrogens with two attached hydrogens (primary N) is 1. The molecular weight excluding hydrogens is 554 g/mol. The molecule has 0 atom stereocenters. The summed E-state index contributed by atoms with van der Waals surface area (Å²) in [6, 6.07) is 24.6. The Morgan fingerprint density at radius 2 is 1.71 bits per heavy atom. The van der Waals surface area contributed by atoms with Crippen molar-refractivity contribution in [2.24, 2.45) is 5.73 Å². The molecule has 1 aromatic heterocycles. The first-order chi connectivity index (χ1) is 20.3. The van der Waals surface area contributed by atoms with Gasteiger partial charge in [-0.05, 0) is 60.4 Å². The van der Waals surface area contributed by atoms with Gasteiger partial charge in [-0.2, -0.15) is 0 Å². The standard InChI is InChI=1S/C32H31N3O6S/c1-40-31(37)24-8-5-9-25(19-24)42(38,39)35-21-32(26-18-22(20-33)10-11-27(26)35)14-16-34(17-15-32)30(36)29-13-12-28(41-29)23-6-3-2-4-7-23/h2-13,18-19H,14-17,20-21,33H2,1H3. The number of carbonyl (C=O) groups is 2. The fourth-order valence-corrected chi connectivity index (χ4v) is 7.59. The van der Waals surface area contributed by atoms with Crippen LogP contribution in [0.15, 0.2) is 94.2 Å². The van der Waals surface area contributed by atoms with E-state index in [1.807, 2.05) is 42.5 Å². The number of amides is 1. The third-order valence-corrected chi connectivity index (χ3v) is 10.1. The molecule has 0 aliphatic carbocycles. The molecule has 9 nitrogen and oxygen atoms in total. The lowest BCUT2D eigenvalue weighted by molar-refractivity contribution is 0.0599. The Kier molecular flexibility index (Phi) is 7.12. The van der Waals surface area contributed by atoms with E-state index in [0.717, 1.165) is 16.7 Å². The number of ether oxygens (including phenoxy) is 1. The molecule has 3 heterocycles. The molecule has 10 heteroatoms. The highest BCUT2D eigenvalue weighted by Gasteiger charge is 2.49. The Hall–Kier alpha value is -4.41. The molecule has 6 rings (SSSR count). The van der Waals surface area contributed by atoms with E-state index in [-0.39, 0.29) is 28.7 Å². The van der Waals surface area contributed by atoms with Crippen LogP contribution in [0.3, 0.4) is 0 Å². The van der Waals surface area contributed by atoms with Gasteiger partial charge in [0.15, 0.2) is 5.76 Å². The second-order valence-corrected chi connectivity index (χ2v) is 12.6. The Bertz CT molecular complexity index is 1760. The molecule has 0 saturated carbocycles. The van der Waals surface area contributed by atoms with E-state index in [1.165, 1.54) is 35.7 Å². The van der Waals surface area contributed by atoms with E-state index in [1.54, 1.807) is 23.1 Å². The molecule has 0 bridgehead atoms. The first-order valence-electron chi connectivity index (χ1n) is 13.7. The van der Waals surface area contributed by atoms with Gasteiger partial charge in [0.25, 0.3) is 15.9 Å². The number of fused-ring (bicyclic) bond motifs is 2. The van der Waals surface area contributed by atoms with Crippen LogP contribution in [0.4, 0.5) is 5.69 Å². The van der Waals surface area contributed by atoms with Gasteiger partial charge in [-0.15, -0.1) is 0 Å². The number of piperidine rings is 1. The highest BCUT2D eigenvalue weighted by molar-refractivity contribution is 7.92. The maximum absolute atomic E-state index is 14.0. The van der Waals surface area contributed by atoms with Crippen molar-refractivity contribution in [3.05, 3.63) is 107 Å². The van der Waals surface area contributed by atoms with Crippen LogP contribution in [0.25, 0.3) is 11.3 Å². The van der Waals surface area contributed by atoms with Gasteiger partial charge in [0.05, 0.1) is 23.3 Å². The number of rotatable bonds is 6. The van der Waals surface area contributed by atoms with Crippen molar-refractivity contribution >= 4 is 27.6 Å². The highest BCUT2D eigenvalue weighted by atomic mass is 32.2. The van der Waals surface area contributed by atoms with Gasteiger partial charge in [0, 0.05) is 37.2 Å². The second-order valence-electron chi connectivity index (χ2n) is 10.7. The van der Waals surface area contributed by atoms with Gasteiger partial charge in [-0.1, -0.05) is 48.5 Å². The first-order valence-corrected chi connectivity index (χ1v) is 15.2. The van der Waals surface area contributed by atoms with Gasteiger partial charge < -0.3 is 19.8 Å². The summed E-state index contributed by atoms with van der Waals surface area (Å²) in [6.07, 6.45) is 1.14. The number of anilines is 1. The average Bonchev–Trinajstić information content (AvgIpc) is 3.65. The van der Waals surface area contributed by atoms with Crippen molar-refractivity contribution in [2.75, 3.05) is 31.0 Å². The van der Waals surface area contributed by atoms with Crippen molar-refractivity contribution in [1.82, 2.24) is 4.90 Å². The molecule has 1 spiro atoms. The number of nitrogens with zero attached hydrogens (tertiary/aromatic N) is 2. The number of sulfonamides is 1. The van der Waals surface area contributed by atoms with Crippen LogP contribution in [0.2, 0.25) is 0 Å². The van der Waals surface area contributed by atoms with Crippen molar-refractivity contribution in [1.29, 1.82) is 0 Å². The van der Waals surface area contributed by atoms with E-state index < -0.39 is 21.4 Å². The predicted octanol–water partition coefficient (Wildman–Crippen LogP) is 4.57. The third kappa shape index (κ3) is 4.76. The maximum Gasteiger partial charge on any atom is 0.337 e. The molecule has 1 fully saturated rings. The minimum absolute atomic E-state index is 0.0101. The summed E-state index contributed by atoms with van der Waals surface area (Å²) in [4.78, 5) is 27.3. The van der Waals surface area contributed by atoms with Crippen LogP contribution in [0.1, 0.15) is 44.9 Å². The Morgan fingerprint density at radius 3 is 2.43 bits per heavy atom. The molecular formula is C32H31N3O6S. The van der Waals surface area contributed by atoms with E-state index in [0.29, 0.717) is 43.9 Å². The fraction of sp³-hybridized carbons (Fsp3) is 0.250. The van der Waals surface area contributed by atoms with Gasteiger partial charge in [0.2, 0.25) is 0 Å². The van der Waals surface area contributed by atoms with Crippen LogP contribution in [-0.2, 0) is 26.7 Å². The molecule has 42 heavy (non-hydrogen) atoms. The molecule has 0 unspecified atom stereocenters. The maximum atomic E-state index is 14.0. The molecule has 3 aromatic carbocycles. The van der Waals surface area contributed by atoms with Gasteiger partial charge >= 0.3 is 5.97 Å². The normalized spacial score (nSPS) is 16.0. The number of hydrogen-bond acceptors (Lipinski definition) is 7. The zero-order valence-electron chi connectivity index (χ0n) is 23.2. The van der Waals surface area contributed by atoms with Crippen LogP contribution >= 0.6 is 0 Å².